The zero-order chi connectivity index (χ0) is 18.9. The monoisotopic (exact) mass is 394 g/mol. The third-order valence-corrected chi connectivity index (χ3v) is 5.83. The van der Waals surface area contributed by atoms with E-state index in [-0.39, 0.29) is 28.4 Å². The van der Waals surface area contributed by atoms with Gasteiger partial charge in [-0.25, -0.2) is 12.7 Å². The highest BCUT2D eigenvalue weighted by atomic mass is 35.5. The smallest absolute Gasteiger partial charge is 0.255 e. The summed E-state index contributed by atoms with van der Waals surface area (Å²) in [7, 11) is -2.26. The topological polar surface area (TPSA) is 92.8 Å². The summed E-state index contributed by atoms with van der Waals surface area (Å²) in [5.41, 5.74) is 0.658. The van der Waals surface area contributed by atoms with Crippen LogP contribution in [0.1, 0.15) is 16.8 Å². The van der Waals surface area contributed by atoms with E-state index in [1.165, 1.54) is 25.3 Å². The number of anilines is 2. The SMILES string of the molecule is COc1cccc(NC(=O)c2ccc(Cl)c(N3C(=O)CCS3(=O)=O)c2)c1. The largest absolute Gasteiger partial charge is 0.497 e. The van der Waals surface area contributed by atoms with E-state index in [2.05, 4.69) is 5.32 Å². The third kappa shape index (κ3) is 3.51. The van der Waals surface area contributed by atoms with Crippen LogP contribution in [-0.2, 0) is 14.8 Å². The van der Waals surface area contributed by atoms with Crippen LogP contribution in [0, 0.1) is 0 Å². The van der Waals surface area contributed by atoms with Gasteiger partial charge in [-0.3, -0.25) is 9.59 Å². The van der Waals surface area contributed by atoms with E-state index in [0.717, 1.165) is 0 Å². The maximum atomic E-state index is 12.5. The molecule has 136 valence electrons. The first-order valence-corrected chi connectivity index (χ1v) is 9.61. The second kappa shape index (κ2) is 6.97. The Balaban J connectivity index is 1.92. The van der Waals surface area contributed by atoms with E-state index in [1.807, 2.05) is 0 Å². The van der Waals surface area contributed by atoms with Crippen molar-refractivity contribution in [2.45, 2.75) is 6.42 Å². The summed E-state index contributed by atoms with van der Waals surface area (Å²) in [6.45, 7) is 0. The number of benzene rings is 2. The molecule has 0 spiro atoms. The molecule has 0 atom stereocenters. The lowest BCUT2D eigenvalue weighted by Gasteiger charge is -2.17. The molecule has 0 saturated carbocycles. The number of carbonyl (C=O) groups is 2. The van der Waals surface area contributed by atoms with Gasteiger partial charge in [-0.1, -0.05) is 17.7 Å². The van der Waals surface area contributed by atoms with Crippen LogP contribution in [0.25, 0.3) is 0 Å². The van der Waals surface area contributed by atoms with E-state index < -0.39 is 21.8 Å². The van der Waals surface area contributed by atoms with E-state index in [1.54, 1.807) is 24.3 Å². The average Bonchev–Trinajstić information content (AvgIpc) is 2.88. The number of nitrogens with one attached hydrogen (secondary N) is 1. The van der Waals surface area contributed by atoms with Crippen LogP contribution >= 0.6 is 11.6 Å². The maximum Gasteiger partial charge on any atom is 0.255 e. The van der Waals surface area contributed by atoms with Crippen LogP contribution in [0.4, 0.5) is 11.4 Å². The van der Waals surface area contributed by atoms with Gasteiger partial charge in [-0.15, -0.1) is 0 Å². The molecule has 1 heterocycles. The molecule has 3 rings (SSSR count). The van der Waals surface area contributed by atoms with Crippen molar-refractivity contribution in [3.05, 3.63) is 53.1 Å². The Morgan fingerprint density at radius 3 is 2.65 bits per heavy atom. The Morgan fingerprint density at radius 2 is 2.00 bits per heavy atom. The lowest BCUT2D eigenvalue weighted by atomic mass is 10.1. The van der Waals surface area contributed by atoms with E-state index in [9.17, 15) is 18.0 Å². The number of halogens is 1. The third-order valence-electron chi connectivity index (χ3n) is 3.83. The number of hydrogen-bond acceptors (Lipinski definition) is 5. The van der Waals surface area contributed by atoms with Crippen molar-refractivity contribution < 1.29 is 22.7 Å². The molecule has 1 N–H and O–H groups in total. The van der Waals surface area contributed by atoms with Crippen molar-refractivity contribution in [2.24, 2.45) is 0 Å². The molecule has 0 radical (unpaired) electrons. The van der Waals surface area contributed by atoms with Gasteiger partial charge in [0, 0.05) is 23.7 Å². The Hall–Kier alpha value is -2.58. The molecule has 0 aromatic heterocycles. The lowest BCUT2D eigenvalue weighted by molar-refractivity contribution is -0.116. The number of nitrogens with zero attached hydrogens (tertiary/aromatic N) is 1. The maximum absolute atomic E-state index is 12.5. The first kappa shape index (κ1) is 18.2. The quantitative estimate of drug-likeness (QED) is 0.860. The van der Waals surface area contributed by atoms with E-state index in [4.69, 9.17) is 16.3 Å². The molecule has 0 aliphatic carbocycles. The molecule has 9 heteroatoms. The highest BCUT2D eigenvalue weighted by Crippen LogP contribution is 2.33. The van der Waals surface area contributed by atoms with Gasteiger partial charge < -0.3 is 10.1 Å². The molecule has 2 aromatic rings. The number of rotatable bonds is 4. The first-order chi connectivity index (χ1) is 12.3. The van der Waals surface area contributed by atoms with Crippen molar-refractivity contribution in [3.63, 3.8) is 0 Å². The Kier molecular flexibility index (Phi) is 4.88. The number of hydrogen-bond donors (Lipinski definition) is 1. The fourth-order valence-corrected chi connectivity index (χ4v) is 4.28. The standard InChI is InChI=1S/C17H15ClN2O5S/c1-25-13-4-2-3-12(10-13)19-17(22)11-5-6-14(18)15(9-11)20-16(21)7-8-26(20,23)24/h2-6,9-10H,7-8H2,1H3,(H,19,22). The van der Waals surface area contributed by atoms with Crippen LogP contribution in [0.5, 0.6) is 5.75 Å². The lowest BCUT2D eigenvalue weighted by Crippen LogP contribution is -2.29. The minimum absolute atomic E-state index is 0.0209. The molecule has 0 bridgehead atoms. The van der Waals surface area contributed by atoms with Crippen LogP contribution in [0.15, 0.2) is 42.5 Å². The van der Waals surface area contributed by atoms with Gasteiger partial charge in [0.15, 0.2) is 0 Å². The van der Waals surface area contributed by atoms with Gasteiger partial charge in [-0.2, -0.15) is 0 Å². The zero-order valence-electron chi connectivity index (χ0n) is 13.7. The van der Waals surface area contributed by atoms with Crippen molar-refractivity contribution in [2.75, 3.05) is 22.5 Å². The molecule has 0 unspecified atom stereocenters. The molecule has 2 amide bonds. The van der Waals surface area contributed by atoms with Crippen LogP contribution in [-0.4, -0.2) is 33.1 Å². The Labute approximate surface area is 155 Å². The second-order valence-corrected chi connectivity index (χ2v) is 7.92. The molecule has 7 nitrogen and oxygen atoms in total. The van der Waals surface area contributed by atoms with Crippen molar-refractivity contribution >= 4 is 44.8 Å². The summed E-state index contributed by atoms with van der Waals surface area (Å²) < 4.78 is 30.0. The van der Waals surface area contributed by atoms with Crippen LogP contribution in [0.2, 0.25) is 5.02 Å². The highest BCUT2D eigenvalue weighted by molar-refractivity contribution is 7.94. The molecule has 1 aliphatic heterocycles. The minimum Gasteiger partial charge on any atom is -0.497 e. The van der Waals surface area contributed by atoms with Gasteiger partial charge >= 0.3 is 0 Å². The predicted octanol–water partition coefficient (Wildman–Crippen LogP) is 2.67. The fraction of sp³-hybridized carbons (Fsp3) is 0.176. The van der Waals surface area contributed by atoms with Crippen LogP contribution in [0.3, 0.4) is 0 Å². The number of carbonyl (C=O) groups excluding carboxylic acids is 2. The number of ether oxygens (including phenoxy) is 1. The molecule has 26 heavy (non-hydrogen) atoms. The number of amides is 2. The molecule has 1 fully saturated rings. The van der Waals surface area contributed by atoms with Gasteiger partial charge in [0.25, 0.3) is 5.91 Å². The van der Waals surface area contributed by atoms with Crippen LogP contribution < -0.4 is 14.4 Å². The summed E-state index contributed by atoms with van der Waals surface area (Å²) in [6.07, 6.45) is -0.112. The van der Waals surface area contributed by atoms with Crippen molar-refractivity contribution in [1.82, 2.24) is 0 Å². The van der Waals surface area contributed by atoms with Gasteiger partial charge in [0.05, 0.1) is 23.6 Å². The number of methoxy groups -OCH3 is 1. The van der Waals surface area contributed by atoms with Gasteiger partial charge in [-0.05, 0) is 30.3 Å². The first-order valence-electron chi connectivity index (χ1n) is 7.62. The summed E-state index contributed by atoms with van der Waals surface area (Å²) in [6, 6.07) is 10.9. The molecule has 1 saturated heterocycles. The van der Waals surface area contributed by atoms with Gasteiger partial charge in [0.1, 0.15) is 5.75 Å². The molecular formula is C17H15ClN2O5S. The van der Waals surface area contributed by atoms with E-state index >= 15 is 0 Å². The summed E-state index contributed by atoms with van der Waals surface area (Å²) >= 11 is 6.07. The Morgan fingerprint density at radius 1 is 1.23 bits per heavy atom. The summed E-state index contributed by atoms with van der Waals surface area (Å²) in [4.78, 5) is 24.4. The van der Waals surface area contributed by atoms with Crippen molar-refractivity contribution in [3.8, 4) is 5.75 Å². The summed E-state index contributed by atoms with van der Waals surface area (Å²) in [5, 5.41) is 2.76. The molecule has 1 aliphatic rings. The average molecular weight is 395 g/mol. The zero-order valence-corrected chi connectivity index (χ0v) is 15.3. The second-order valence-electron chi connectivity index (χ2n) is 5.58. The highest BCUT2D eigenvalue weighted by Gasteiger charge is 2.37. The molecule has 2 aromatic carbocycles. The van der Waals surface area contributed by atoms with Crippen molar-refractivity contribution in [1.29, 1.82) is 0 Å². The predicted molar refractivity (Wildman–Crippen MR) is 98.3 cm³/mol. The van der Waals surface area contributed by atoms with E-state index in [0.29, 0.717) is 15.7 Å². The fourth-order valence-electron chi connectivity index (χ4n) is 2.56. The van der Waals surface area contributed by atoms with Gasteiger partial charge in [0.2, 0.25) is 15.9 Å². The molecular weight excluding hydrogens is 380 g/mol. The minimum atomic E-state index is -3.77. The normalized spacial score (nSPS) is 15.8. The number of sulfonamides is 1. The Bertz CT molecular complexity index is 990. The summed E-state index contributed by atoms with van der Waals surface area (Å²) in [5.74, 6) is -0.742.